The fraction of sp³-hybridized carbons (Fsp3) is 0.0769. The van der Waals surface area contributed by atoms with Crippen molar-refractivity contribution in [3.63, 3.8) is 0 Å². The van der Waals surface area contributed by atoms with Crippen LogP contribution in [-0.4, -0.2) is 4.98 Å². The second-order valence-corrected chi connectivity index (χ2v) is 3.61. The number of aromatic nitrogens is 1. The van der Waals surface area contributed by atoms with Crippen LogP contribution < -0.4 is 5.73 Å². The number of hydrogen-bond acceptors (Lipinski definition) is 3. The number of nitrogen functional groups attached to an aromatic ring is 1. The molecular formula is C13H11N3. The molecule has 0 saturated carbocycles. The zero-order valence-electron chi connectivity index (χ0n) is 8.94. The van der Waals surface area contributed by atoms with Crippen LogP contribution in [0.25, 0.3) is 11.1 Å². The lowest BCUT2D eigenvalue weighted by molar-refractivity contribution is 1.19. The van der Waals surface area contributed by atoms with Crippen molar-refractivity contribution >= 4 is 5.69 Å². The normalized spacial score (nSPS) is 9.75. The van der Waals surface area contributed by atoms with Gasteiger partial charge in [-0.1, -0.05) is 12.1 Å². The van der Waals surface area contributed by atoms with E-state index in [1.165, 1.54) is 0 Å². The molecule has 3 nitrogen and oxygen atoms in total. The van der Waals surface area contributed by atoms with Crippen LogP contribution in [0.3, 0.4) is 0 Å². The molecule has 2 aromatic rings. The van der Waals surface area contributed by atoms with Gasteiger partial charge in [0.2, 0.25) is 0 Å². The zero-order chi connectivity index (χ0) is 11.5. The molecule has 0 spiro atoms. The summed E-state index contributed by atoms with van der Waals surface area (Å²) in [6.07, 6.45) is 1.72. The number of nitrogens with zero attached hydrogens (tertiary/aromatic N) is 2. The predicted octanol–water partition coefficient (Wildman–Crippen LogP) is 2.51. The van der Waals surface area contributed by atoms with E-state index in [0.29, 0.717) is 11.3 Å². The van der Waals surface area contributed by atoms with Crippen molar-refractivity contribution < 1.29 is 0 Å². The van der Waals surface area contributed by atoms with Crippen molar-refractivity contribution in [2.24, 2.45) is 0 Å². The van der Waals surface area contributed by atoms with E-state index in [1.54, 1.807) is 12.3 Å². The highest BCUT2D eigenvalue weighted by atomic mass is 14.7. The minimum atomic E-state index is 0.636. The quantitative estimate of drug-likeness (QED) is 0.734. The van der Waals surface area contributed by atoms with E-state index >= 15 is 0 Å². The Labute approximate surface area is 94.2 Å². The summed E-state index contributed by atoms with van der Waals surface area (Å²) in [5, 5.41) is 9.06. The molecule has 1 aromatic heterocycles. The molecule has 0 fully saturated rings. The number of anilines is 1. The van der Waals surface area contributed by atoms with Crippen molar-refractivity contribution in [2.45, 2.75) is 6.92 Å². The van der Waals surface area contributed by atoms with Crippen LogP contribution in [0.1, 0.15) is 11.3 Å². The smallest absolute Gasteiger partial charge is 0.0999 e. The first kappa shape index (κ1) is 10.2. The Morgan fingerprint density at radius 1 is 1.25 bits per heavy atom. The third kappa shape index (κ3) is 1.86. The van der Waals surface area contributed by atoms with Crippen LogP contribution in [0.15, 0.2) is 36.5 Å². The van der Waals surface area contributed by atoms with Gasteiger partial charge < -0.3 is 5.73 Å². The standard InChI is InChI=1S/C13H11N3/c1-9-6-11(7-14)13(8-16-9)10-2-4-12(15)5-3-10/h2-6,8H,15H2,1H3. The largest absolute Gasteiger partial charge is 0.399 e. The number of benzene rings is 1. The van der Waals surface area contributed by atoms with E-state index in [1.807, 2.05) is 31.2 Å². The lowest BCUT2D eigenvalue weighted by atomic mass is 10.0. The number of nitrogens with two attached hydrogens (primary N) is 1. The number of nitriles is 1. The highest BCUT2D eigenvalue weighted by Crippen LogP contribution is 2.23. The third-order valence-electron chi connectivity index (χ3n) is 2.38. The molecule has 1 heterocycles. The number of rotatable bonds is 1. The maximum absolute atomic E-state index is 9.06. The number of aryl methyl sites for hydroxylation is 1. The monoisotopic (exact) mass is 209 g/mol. The van der Waals surface area contributed by atoms with Crippen LogP contribution >= 0.6 is 0 Å². The molecule has 0 radical (unpaired) electrons. The molecule has 1 aromatic carbocycles. The first-order valence-corrected chi connectivity index (χ1v) is 4.93. The Morgan fingerprint density at radius 3 is 2.56 bits per heavy atom. The summed E-state index contributed by atoms with van der Waals surface area (Å²) in [4.78, 5) is 4.20. The highest BCUT2D eigenvalue weighted by molar-refractivity contribution is 5.70. The lowest BCUT2D eigenvalue weighted by Gasteiger charge is -2.04. The predicted molar refractivity (Wildman–Crippen MR) is 63.5 cm³/mol. The van der Waals surface area contributed by atoms with Crippen LogP contribution in [0.4, 0.5) is 5.69 Å². The fourth-order valence-corrected chi connectivity index (χ4v) is 1.55. The van der Waals surface area contributed by atoms with Crippen LogP contribution in [0.5, 0.6) is 0 Å². The third-order valence-corrected chi connectivity index (χ3v) is 2.38. The second-order valence-electron chi connectivity index (χ2n) is 3.61. The second kappa shape index (κ2) is 4.03. The van der Waals surface area contributed by atoms with Gasteiger partial charge in [-0.25, -0.2) is 0 Å². The summed E-state index contributed by atoms with van der Waals surface area (Å²) in [6, 6.07) is 11.4. The first-order valence-electron chi connectivity index (χ1n) is 4.93. The SMILES string of the molecule is Cc1cc(C#N)c(-c2ccc(N)cc2)cn1. The molecule has 0 amide bonds. The molecular weight excluding hydrogens is 198 g/mol. The summed E-state index contributed by atoms with van der Waals surface area (Å²) in [6.45, 7) is 1.87. The van der Waals surface area contributed by atoms with E-state index in [9.17, 15) is 0 Å². The Balaban J connectivity index is 2.56. The molecule has 3 heteroatoms. The van der Waals surface area contributed by atoms with E-state index in [4.69, 9.17) is 11.0 Å². The maximum atomic E-state index is 9.06. The Kier molecular flexibility index (Phi) is 2.57. The van der Waals surface area contributed by atoms with Gasteiger partial charge in [-0.2, -0.15) is 5.26 Å². The Hall–Kier alpha value is -2.34. The van der Waals surface area contributed by atoms with Gasteiger partial charge in [0.05, 0.1) is 11.6 Å². The van der Waals surface area contributed by atoms with Gasteiger partial charge in [-0.05, 0) is 30.7 Å². The van der Waals surface area contributed by atoms with Gasteiger partial charge in [0.1, 0.15) is 0 Å². The molecule has 0 saturated heterocycles. The average Bonchev–Trinajstić information content (AvgIpc) is 2.30. The zero-order valence-corrected chi connectivity index (χ0v) is 8.94. The lowest BCUT2D eigenvalue weighted by Crippen LogP contribution is -1.90. The highest BCUT2D eigenvalue weighted by Gasteiger charge is 2.05. The van der Waals surface area contributed by atoms with Gasteiger partial charge in [0.25, 0.3) is 0 Å². The minimum absolute atomic E-state index is 0.636. The number of pyridine rings is 1. The molecule has 0 bridgehead atoms. The Morgan fingerprint density at radius 2 is 1.94 bits per heavy atom. The summed E-state index contributed by atoms with van der Waals surface area (Å²) >= 11 is 0. The maximum Gasteiger partial charge on any atom is 0.0999 e. The molecule has 0 unspecified atom stereocenters. The van der Waals surface area contributed by atoms with Gasteiger partial charge in [0.15, 0.2) is 0 Å². The molecule has 2 N–H and O–H groups in total. The van der Waals surface area contributed by atoms with E-state index < -0.39 is 0 Å². The molecule has 0 aliphatic heterocycles. The van der Waals surface area contributed by atoms with Crippen LogP contribution in [0.2, 0.25) is 0 Å². The molecule has 0 atom stereocenters. The van der Waals surface area contributed by atoms with Crippen molar-refractivity contribution in [1.29, 1.82) is 5.26 Å². The molecule has 0 aliphatic rings. The summed E-state index contributed by atoms with van der Waals surface area (Å²) in [7, 11) is 0. The summed E-state index contributed by atoms with van der Waals surface area (Å²) in [5.41, 5.74) is 9.61. The van der Waals surface area contributed by atoms with Gasteiger partial charge in [-0.3, -0.25) is 4.98 Å². The van der Waals surface area contributed by atoms with Gasteiger partial charge in [0, 0.05) is 23.1 Å². The molecule has 0 aliphatic carbocycles. The fourth-order valence-electron chi connectivity index (χ4n) is 1.55. The minimum Gasteiger partial charge on any atom is -0.399 e. The van der Waals surface area contributed by atoms with E-state index in [-0.39, 0.29) is 0 Å². The van der Waals surface area contributed by atoms with Crippen molar-refractivity contribution in [3.05, 3.63) is 47.8 Å². The van der Waals surface area contributed by atoms with Crippen molar-refractivity contribution in [1.82, 2.24) is 4.98 Å². The number of hydrogen-bond donors (Lipinski definition) is 1. The first-order chi connectivity index (χ1) is 7.70. The molecule has 78 valence electrons. The topological polar surface area (TPSA) is 62.7 Å². The Bertz CT molecular complexity index is 550. The van der Waals surface area contributed by atoms with Crippen LogP contribution in [-0.2, 0) is 0 Å². The summed E-state index contributed by atoms with van der Waals surface area (Å²) < 4.78 is 0. The molecule has 2 rings (SSSR count). The summed E-state index contributed by atoms with van der Waals surface area (Å²) in [5.74, 6) is 0. The van der Waals surface area contributed by atoms with Crippen molar-refractivity contribution in [3.8, 4) is 17.2 Å². The molecule has 16 heavy (non-hydrogen) atoms. The average molecular weight is 209 g/mol. The van der Waals surface area contributed by atoms with Gasteiger partial charge >= 0.3 is 0 Å². The van der Waals surface area contributed by atoms with Crippen LogP contribution in [0, 0.1) is 18.3 Å². The van der Waals surface area contributed by atoms with E-state index in [0.717, 1.165) is 16.8 Å². The van der Waals surface area contributed by atoms with Gasteiger partial charge in [-0.15, -0.1) is 0 Å². The van der Waals surface area contributed by atoms with E-state index in [2.05, 4.69) is 11.1 Å². The van der Waals surface area contributed by atoms with Crippen molar-refractivity contribution in [2.75, 3.05) is 5.73 Å².